The summed E-state index contributed by atoms with van der Waals surface area (Å²) in [7, 11) is 0. The van der Waals surface area contributed by atoms with E-state index in [-0.39, 0.29) is 30.9 Å². The van der Waals surface area contributed by atoms with Gasteiger partial charge in [0.15, 0.2) is 0 Å². The summed E-state index contributed by atoms with van der Waals surface area (Å²) < 4.78 is 0. The molecule has 40 heavy (non-hydrogen) atoms. The molecule has 0 amide bonds. The van der Waals surface area contributed by atoms with Crippen LogP contribution in [-0.4, -0.2) is 9.97 Å². The Bertz CT molecular complexity index is 1620. The van der Waals surface area contributed by atoms with Crippen LogP contribution in [0.1, 0.15) is 55.5 Å². The molecular formula is C37H36IrN2-2. The van der Waals surface area contributed by atoms with E-state index in [4.69, 9.17) is 0 Å². The van der Waals surface area contributed by atoms with Gasteiger partial charge in [-0.1, -0.05) is 95.6 Å². The first kappa shape index (κ1) is 29.6. The van der Waals surface area contributed by atoms with Gasteiger partial charge >= 0.3 is 0 Å². The van der Waals surface area contributed by atoms with Gasteiger partial charge in [0.1, 0.15) is 0 Å². The molecule has 0 spiro atoms. The molecule has 2 aromatic heterocycles. The third-order valence-electron chi connectivity index (χ3n) is 8.63. The van der Waals surface area contributed by atoms with Gasteiger partial charge in [-0.2, -0.15) is 0 Å². The van der Waals surface area contributed by atoms with Gasteiger partial charge in [-0.3, -0.25) is 0 Å². The van der Waals surface area contributed by atoms with E-state index in [0.717, 1.165) is 22.5 Å². The molecule has 3 heteroatoms. The average Bonchev–Trinajstić information content (AvgIpc) is 2.95. The molecule has 1 aliphatic carbocycles. The Morgan fingerprint density at radius 1 is 0.600 bits per heavy atom. The van der Waals surface area contributed by atoms with E-state index in [0.29, 0.717) is 0 Å². The zero-order valence-corrected chi connectivity index (χ0v) is 26.8. The van der Waals surface area contributed by atoms with Crippen molar-refractivity contribution in [1.29, 1.82) is 0 Å². The number of aryl methyl sites for hydroxylation is 3. The Morgan fingerprint density at radius 3 is 1.93 bits per heavy atom. The first-order chi connectivity index (χ1) is 18.6. The number of fused-ring (bicyclic) bond motifs is 3. The number of benzene rings is 3. The fraction of sp³-hybridized carbons (Fsp3) is 0.243. The third-order valence-corrected chi connectivity index (χ3v) is 8.63. The zero-order valence-electron chi connectivity index (χ0n) is 24.4. The number of rotatable bonds is 2. The molecule has 0 saturated carbocycles. The van der Waals surface area contributed by atoms with Crippen molar-refractivity contribution in [3.05, 3.63) is 131 Å². The Hall–Kier alpha value is -3.39. The van der Waals surface area contributed by atoms with Crippen molar-refractivity contribution in [2.24, 2.45) is 0 Å². The van der Waals surface area contributed by atoms with Gasteiger partial charge in [-0.25, -0.2) is 0 Å². The first-order valence-corrected chi connectivity index (χ1v) is 13.6. The SMILES string of the molecule is CC1(C)c2c[c-]c(-c3ccccn3)cc2-c2ccccc2C1(C)C.Cc1ccc(-c2[c-]cc(C)c(C)c2)nc1.[Ir]. The summed E-state index contributed by atoms with van der Waals surface area (Å²) in [6.45, 7) is 15.6. The summed E-state index contributed by atoms with van der Waals surface area (Å²) in [5.41, 5.74) is 13.4. The van der Waals surface area contributed by atoms with Crippen LogP contribution < -0.4 is 0 Å². The van der Waals surface area contributed by atoms with Crippen LogP contribution >= 0.6 is 0 Å². The minimum atomic E-state index is 0. The van der Waals surface area contributed by atoms with Crippen molar-refractivity contribution in [3.63, 3.8) is 0 Å². The summed E-state index contributed by atoms with van der Waals surface area (Å²) >= 11 is 0. The van der Waals surface area contributed by atoms with Crippen molar-refractivity contribution in [3.8, 4) is 33.6 Å². The molecular weight excluding hydrogens is 665 g/mol. The molecule has 1 aliphatic rings. The largest absolute Gasteiger partial charge is 0.305 e. The molecule has 0 aliphatic heterocycles. The molecule has 2 nitrogen and oxygen atoms in total. The maximum absolute atomic E-state index is 4.49. The molecule has 1 radical (unpaired) electrons. The van der Waals surface area contributed by atoms with Crippen LogP contribution in [0.3, 0.4) is 0 Å². The monoisotopic (exact) mass is 701 g/mol. The van der Waals surface area contributed by atoms with E-state index >= 15 is 0 Å². The van der Waals surface area contributed by atoms with Crippen LogP contribution in [0.2, 0.25) is 0 Å². The van der Waals surface area contributed by atoms with Crippen LogP contribution in [0.4, 0.5) is 0 Å². The smallest absolute Gasteiger partial charge is 0.0190 e. The molecule has 5 aromatic rings. The molecule has 205 valence electrons. The number of hydrogen-bond acceptors (Lipinski definition) is 2. The van der Waals surface area contributed by atoms with Crippen molar-refractivity contribution in [1.82, 2.24) is 9.97 Å². The molecule has 6 rings (SSSR count). The predicted octanol–water partition coefficient (Wildman–Crippen LogP) is 9.26. The standard InChI is InChI=1S/C23H22N.C14H14N.Ir/c1-22(2)19-10-6-5-9-17(19)18-15-16(21-11-7-8-14-24-21)12-13-20(18)23(22,3)4;1-10-4-7-14(15-9-10)13-6-5-11(2)12(3)8-13;/h5-11,13-15H,1-4H3;4-5,7-9H,1-3H3;/q2*-1;. The van der Waals surface area contributed by atoms with Crippen molar-refractivity contribution < 1.29 is 20.1 Å². The molecule has 0 bridgehead atoms. The van der Waals surface area contributed by atoms with Crippen molar-refractivity contribution >= 4 is 0 Å². The Balaban J connectivity index is 0.000000200. The molecule has 0 unspecified atom stereocenters. The van der Waals surface area contributed by atoms with E-state index in [1.165, 1.54) is 38.9 Å². The molecule has 0 N–H and O–H groups in total. The Labute approximate surface area is 253 Å². The molecule has 0 saturated heterocycles. The maximum atomic E-state index is 4.49. The third kappa shape index (κ3) is 5.46. The number of aromatic nitrogens is 2. The molecule has 3 aromatic carbocycles. The average molecular weight is 701 g/mol. The fourth-order valence-electron chi connectivity index (χ4n) is 5.28. The first-order valence-electron chi connectivity index (χ1n) is 13.6. The predicted molar refractivity (Wildman–Crippen MR) is 163 cm³/mol. The van der Waals surface area contributed by atoms with Crippen molar-refractivity contribution in [2.45, 2.75) is 59.3 Å². The van der Waals surface area contributed by atoms with Gasteiger partial charge in [0, 0.05) is 32.5 Å². The topological polar surface area (TPSA) is 25.8 Å². The molecule has 0 atom stereocenters. The van der Waals surface area contributed by atoms with Crippen LogP contribution in [0.5, 0.6) is 0 Å². The minimum Gasteiger partial charge on any atom is -0.305 e. The normalized spacial score (nSPS) is 14.1. The second-order valence-electron chi connectivity index (χ2n) is 11.6. The summed E-state index contributed by atoms with van der Waals surface area (Å²) in [4.78, 5) is 8.88. The van der Waals surface area contributed by atoms with E-state index in [1.807, 2.05) is 49.6 Å². The van der Waals surface area contributed by atoms with Gasteiger partial charge in [0.25, 0.3) is 0 Å². The number of pyridine rings is 2. The van der Waals surface area contributed by atoms with Gasteiger partial charge < -0.3 is 9.97 Å². The van der Waals surface area contributed by atoms with Crippen LogP contribution in [0.15, 0.2) is 91.3 Å². The summed E-state index contributed by atoms with van der Waals surface area (Å²) in [6.07, 6.45) is 3.72. The van der Waals surface area contributed by atoms with Crippen LogP contribution in [-0.2, 0) is 30.9 Å². The van der Waals surface area contributed by atoms with Crippen LogP contribution in [0, 0.1) is 32.9 Å². The maximum Gasteiger partial charge on any atom is 0.0190 e. The molecule has 0 fully saturated rings. The van der Waals surface area contributed by atoms with E-state index in [2.05, 4.69) is 112 Å². The number of nitrogens with zero attached hydrogens (tertiary/aromatic N) is 2. The summed E-state index contributed by atoms with van der Waals surface area (Å²) in [5, 5.41) is 0. The fourth-order valence-corrected chi connectivity index (χ4v) is 5.28. The quantitative estimate of drug-likeness (QED) is 0.172. The van der Waals surface area contributed by atoms with E-state index < -0.39 is 0 Å². The van der Waals surface area contributed by atoms with Gasteiger partial charge in [0.05, 0.1) is 0 Å². The Kier molecular flexibility index (Phi) is 8.59. The summed E-state index contributed by atoms with van der Waals surface area (Å²) in [5.74, 6) is 0. The van der Waals surface area contributed by atoms with E-state index in [1.54, 1.807) is 0 Å². The van der Waals surface area contributed by atoms with Gasteiger partial charge in [-0.05, 0) is 51.9 Å². The second-order valence-corrected chi connectivity index (χ2v) is 11.6. The summed E-state index contributed by atoms with van der Waals surface area (Å²) in [6, 6.07) is 34.2. The van der Waals surface area contributed by atoms with E-state index in [9.17, 15) is 0 Å². The second kappa shape index (κ2) is 11.6. The zero-order chi connectivity index (χ0) is 27.8. The van der Waals surface area contributed by atoms with Crippen molar-refractivity contribution in [2.75, 3.05) is 0 Å². The Morgan fingerprint density at radius 2 is 1.25 bits per heavy atom. The molecule has 2 heterocycles. The number of hydrogen-bond donors (Lipinski definition) is 0. The van der Waals surface area contributed by atoms with Crippen LogP contribution in [0.25, 0.3) is 33.6 Å². The minimum absolute atomic E-state index is 0. The van der Waals surface area contributed by atoms with Gasteiger partial charge in [-0.15, -0.1) is 64.2 Å². The van der Waals surface area contributed by atoms with Gasteiger partial charge in [0.2, 0.25) is 0 Å².